The lowest BCUT2D eigenvalue weighted by Gasteiger charge is -2.24. The Morgan fingerprint density at radius 1 is 1.12 bits per heavy atom. The quantitative estimate of drug-likeness (QED) is 0.642. The monoisotopic (exact) mass is 228 g/mol. The van der Waals surface area contributed by atoms with Gasteiger partial charge >= 0.3 is 0 Å². The first-order chi connectivity index (χ1) is 8.29. The number of fused-ring (bicyclic) bond motifs is 1. The van der Waals surface area contributed by atoms with Gasteiger partial charge in [-0.1, -0.05) is 42.3 Å². The van der Waals surface area contributed by atoms with Gasteiger partial charge in [-0.05, 0) is 37.3 Å². The van der Waals surface area contributed by atoms with E-state index in [9.17, 15) is 4.39 Å². The molecule has 1 atom stereocenters. The molecule has 0 spiro atoms. The normalized spacial score (nSPS) is 24.2. The van der Waals surface area contributed by atoms with Crippen molar-refractivity contribution in [1.29, 1.82) is 0 Å². The van der Waals surface area contributed by atoms with Crippen molar-refractivity contribution >= 4 is 5.57 Å². The third-order valence-electron chi connectivity index (χ3n) is 4.09. The van der Waals surface area contributed by atoms with Crippen LogP contribution in [0.2, 0.25) is 0 Å². The van der Waals surface area contributed by atoms with Crippen LogP contribution in [0.25, 0.3) is 5.57 Å². The molecule has 1 fully saturated rings. The molecule has 0 aromatic heterocycles. The molecule has 1 saturated carbocycles. The predicted octanol–water partition coefficient (Wildman–Crippen LogP) is 4.89. The Labute approximate surface area is 102 Å². The molecule has 1 aromatic rings. The molecule has 0 nitrogen and oxygen atoms in total. The molecule has 2 aliphatic carbocycles. The SMILES string of the molecule is CC1=C2CCCC[C@H]2C(c2ccccc2)=C1F. The minimum absolute atomic E-state index is 0.0399. The second kappa shape index (κ2) is 4.14. The maximum absolute atomic E-state index is 14.4. The second-order valence-corrected chi connectivity index (χ2v) is 5.04. The Bertz CT molecular complexity index is 494. The number of hydrogen-bond acceptors (Lipinski definition) is 0. The summed E-state index contributed by atoms with van der Waals surface area (Å²) in [6, 6.07) is 10.0. The van der Waals surface area contributed by atoms with Crippen LogP contribution >= 0.6 is 0 Å². The van der Waals surface area contributed by atoms with Crippen molar-refractivity contribution in [3.63, 3.8) is 0 Å². The molecule has 2 aliphatic rings. The maximum Gasteiger partial charge on any atom is 0.130 e. The topological polar surface area (TPSA) is 0 Å². The van der Waals surface area contributed by atoms with Crippen molar-refractivity contribution in [2.75, 3.05) is 0 Å². The Balaban J connectivity index is 2.07. The van der Waals surface area contributed by atoms with Crippen molar-refractivity contribution in [3.8, 4) is 0 Å². The van der Waals surface area contributed by atoms with Gasteiger partial charge in [-0.3, -0.25) is 0 Å². The number of halogens is 1. The number of hydrogen-bond donors (Lipinski definition) is 0. The van der Waals surface area contributed by atoms with E-state index in [0.29, 0.717) is 5.92 Å². The zero-order valence-electron chi connectivity index (χ0n) is 10.2. The van der Waals surface area contributed by atoms with Crippen LogP contribution in [0.3, 0.4) is 0 Å². The second-order valence-electron chi connectivity index (χ2n) is 5.04. The van der Waals surface area contributed by atoms with E-state index >= 15 is 0 Å². The van der Waals surface area contributed by atoms with Gasteiger partial charge in [-0.15, -0.1) is 0 Å². The van der Waals surface area contributed by atoms with E-state index in [1.54, 1.807) is 0 Å². The van der Waals surface area contributed by atoms with Gasteiger partial charge in [0, 0.05) is 11.5 Å². The lowest BCUT2D eigenvalue weighted by molar-refractivity contribution is 0.531. The molecule has 1 heteroatoms. The molecule has 0 radical (unpaired) electrons. The van der Waals surface area contributed by atoms with E-state index in [-0.39, 0.29) is 5.83 Å². The van der Waals surface area contributed by atoms with Crippen LogP contribution in [0.15, 0.2) is 47.3 Å². The molecule has 0 saturated heterocycles. The molecule has 17 heavy (non-hydrogen) atoms. The molecular formula is C16H17F. The summed E-state index contributed by atoms with van der Waals surface area (Å²) < 4.78 is 14.4. The lowest BCUT2D eigenvalue weighted by Crippen LogP contribution is -2.09. The van der Waals surface area contributed by atoms with E-state index in [1.807, 2.05) is 37.3 Å². The Morgan fingerprint density at radius 3 is 2.65 bits per heavy atom. The molecule has 0 amide bonds. The van der Waals surface area contributed by atoms with Crippen molar-refractivity contribution in [3.05, 3.63) is 52.9 Å². The van der Waals surface area contributed by atoms with Crippen LogP contribution < -0.4 is 0 Å². The van der Waals surface area contributed by atoms with Crippen molar-refractivity contribution in [1.82, 2.24) is 0 Å². The van der Waals surface area contributed by atoms with Gasteiger partial charge < -0.3 is 0 Å². The fourth-order valence-corrected chi connectivity index (χ4v) is 3.22. The molecule has 0 bridgehead atoms. The highest BCUT2D eigenvalue weighted by Gasteiger charge is 2.34. The maximum atomic E-state index is 14.4. The van der Waals surface area contributed by atoms with E-state index in [0.717, 1.165) is 29.6 Å². The Morgan fingerprint density at radius 2 is 1.88 bits per heavy atom. The van der Waals surface area contributed by atoms with Crippen molar-refractivity contribution < 1.29 is 4.39 Å². The fraction of sp³-hybridized carbons (Fsp3) is 0.375. The first kappa shape index (κ1) is 10.8. The summed E-state index contributed by atoms with van der Waals surface area (Å²) in [5.74, 6) is 0.393. The number of benzene rings is 1. The standard InChI is InChI=1S/C16H17F/c1-11-13-9-5-6-10-14(13)15(16(11)17)12-7-3-2-4-8-12/h2-4,7-8,14H,5-6,9-10H2,1H3/t14-/m1/s1. The van der Waals surface area contributed by atoms with Gasteiger partial charge in [0.05, 0.1) is 0 Å². The summed E-state index contributed by atoms with van der Waals surface area (Å²) >= 11 is 0. The Hall–Kier alpha value is -1.37. The minimum Gasteiger partial charge on any atom is -0.206 e. The van der Waals surface area contributed by atoms with Crippen LogP contribution in [-0.4, -0.2) is 0 Å². The molecule has 1 aromatic carbocycles. The van der Waals surface area contributed by atoms with Crippen molar-refractivity contribution in [2.24, 2.45) is 5.92 Å². The smallest absolute Gasteiger partial charge is 0.130 e. The van der Waals surface area contributed by atoms with Gasteiger partial charge in [0.25, 0.3) is 0 Å². The zero-order chi connectivity index (χ0) is 11.8. The van der Waals surface area contributed by atoms with Gasteiger partial charge in [0.1, 0.15) is 5.83 Å². The molecule has 3 rings (SSSR count). The van der Waals surface area contributed by atoms with E-state index < -0.39 is 0 Å². The largest absolute Gasteiger partial charge is 0.206 e. The zero-order valence-corrected chi connectivity index (χ0v) is 10.2. The van der Waals surface area contributed by atoms with Crippen LogP contribution in [0.5, 0.6) is 0 Å². The number of rotatable bonds is 1. The van der Waals surface area contributed by atoms with Crippen LogP contribution in [0, 0.1) is 5.92 Å². The minimum atomic E-state index is 0.0399. The summed E-state index contributed by atoms with van der Waals surface area (Å²) in [6.45, 7) is 1.94. The van der Waals surface area contributed by atoms with Crippen LogP contribution in [-0.2, 0) is 0 Å². The Kier molecular flexibility index (Phi) is 2.62. The van der Waals surface area contributed by atoms with E-state index in [1.165, 1.54) is 18.4 Å². The summed E-state index contributed by atoms with van der Waals surface area (Å²) in [6.07, 6.45) is 4.65. The predicted molar refractivity (Wildman–Crippen MR) is 69.1 cm³/mol. The molecule has 0 unspecified atom stereocenters. The van der Waals surface area contributed by atoms with Crippen LogP contribution in [0.1, 0.15) is 38.2 Å². The average Bonchev–Trinajstić information content (AvgIpc) is 2.64. The summed E-state index contributed by atoms with van der Waals surface area (Å²) in [5.41, 5.74) is 4.27. The summed E-state index contributed by atoms with van der Waals surface area (Å²) in [5, 5.41) is 0. The van der Waals surface area contributed by atoms with Crippen molar-refractivity contribution in [2.45, 2.75) is 32.6 Å². The van der Waals surface area contributed by atoms with E-state index in [4.69, 9.17) is 0 Å². The average molecular weight is 228 g/mol. The third kappa shape index (κ3) is 1.65. The summed E-state index contributed by atoms with van der Waals surface area (Å²) in [4.78, 5) is 0. The molecule has 0 heterocycles. The molecule has 0 aliphatic heterocycles. The first-order valence-corrected chi connectivity index (χ1v) is 6.44. The third-order valence-corrected chi connectivity index (χ3v) is 4.09. The summed E-state index contributed by atoms with van der Waals surface area (Å²) in [7, 11) is 0. The highest BCUT2D eigenvalue weighted by Crippen LogP contribution is 2.49. The van der Waals surface area contributed by atoms with Gasteiger partial charge in [-0.25, -0.2) is 4.39 Å². The van der Waals surface area contributed by atoms with E-state index in [2.05, 4.69) is 0 Å². The molecule has 0 N–H and O–H groups in total. The molecular weight excluding hydrogens is 211 g/mol. The number of allylic oxidation sites excluding steroid dienone is 4. The molecule has 88 valence electrons. The highest BCUT2D eigenvalue weighted by atomic mass is 19.1. The lowest BCUT2D eigenvalue weighted by atomic mass is 9.80. The van der Waals surface area contributed by atoms with Gasteiger partial charge in [-0.2, -0.15) is 0 Å². The van der Waals surface area contributed by atoms with Gasteiger partial charge in [0.2, 0.25) is 0 Å². The van der Waals surface area contributed by atoms with Crippen LogP contribution in [0.4, 0.5) is 4.39 Å². The highest BCUT2D eigenvalue weighted by molar-refractivity contribution is 5.79. The van der Waals surface area contributed by atoms with Gasteiger partial charge in [0.15, 0.2) is 0 Å². The first-order valence-electron chi connectivity index (χ1n) is 6.44. The fourth-order valence-electron chi connectivity index (χ4n) is 3.22.